The number of hydrogen-bond donors (Lipinski definition) is 0. The van der Waals surface area contributed by atoms with E-state index in [1.807, 2.05) is 12.1 Å². The van der Waals surface area contributed by atoms with E-state index < -0.39 is 0 Å². The van der Waals surface area contributed by atoms with E-state index in [4.69, 9.17) is 4.42 Å². The topological polar surface area (TPSA) is 55.1 Å². The van der Waals surface area contributed by atoms with E-state index in [9.17, 15) is 0 Å². The summed E-state index contributed by atoms with van der Waals surface area (Å²) in [5, 5.41) is 8.59. The predicted molar refractivity (Wildman–Crippen MR) is 95.0 cm³/mol. The molecule has 1 aliphatic carbocycles. The van der Waals surface area contributed by atoms with Gasteiger partial charge in [0.05, 0.1) is 5.75 Å². The van der Waals surface area contributed by atoms with Gasteiger partial charge in [-0.05, 0) is 42.2 Å². The average molecular weight is 344 g/mol. The van der Waals surface area contributed by atoms with E-state index in [1.165, 1.54) is 19.3 Å². The second kappa shape index (κ2) is 5.76. The third-order valence-electron chi connectivity index (χ3n) is 5.13. The molecule has 1 aliphatic heterocycles. The Hall–Kier alpha value is -1.56. The summed E-state index contributed by atoms with van der Waals surface area (Å²) in [7, 11) is 0. The van der Waals surface area contributed by atoms with Crippen LogP contribution in [0.1, 0.15) is 45.9 Å². The van der Waals surface area contributed by atoms with Crippen molar-refractivity contribution in [2.24, 2.45) is 10.8 Å². The van der Waals surface area contributed by atoms with Gasteiger partial charge in [-0.15, -0.1) is 16.9 Å². The molecule has 0 unspecified atom stereocenters. The molecule has 2 fully saturated rings. The van der Waals surface area contributed by atoms with E-state index >= 15 is 0 Å². The van der Waals surface area contributed by atoms with Gasteiger partial charge in [0.25, 0.3) is 0 Å². The first-order valence-electron chi connectivity index (χ1n) is 8.54. The fraction of sp³-hybridized carbons (Fsp3) is 0.611. The Morgan fingerprint density at radius 1 is 1.21 bits per heavy atom. The fourth-order valence-corrected chi connectivity index (χ4v) is 5.40. The molecule has 1 saturated heterocycles. The molecule has 2 bridgehead atoms. The summed E-state index contributed by atoms with van der Waals surface area (Å²) in [6.45, 7) is 8.19. The molecule has 0 aromatic carbocycles. The van der Waals surface area contributed by atoms with Crippen molar-refractivity contribution in [1.82, 2.24) is 15.2 Å². The highest BCUT2D eigenvalue weighted by atomic mass is 32.2. The number of aromatic nitrogens is 3. The second-order valence-electron chi connectivity index (χ2n) is 8.29. The molecule has 2 aromatic rings. The van der Waals surface area contributed by atoms with E-state index in [0.717, 1.165) is 11.4 Å². The Morgan fingerprint density at radius 3 is 2.79 bits per heavy atom. The molecule has 2 aliphatic rings. The zero-order valence-corrected chi connectivity index (χ0v) is 15.3. The summed E-state index contributed by atoms with van der Waals surface area (Å²) in [5.41, 5.74) is 0.763. The van der Waals surface area contributed by atoms with Crippen molar-refractivity contribution in [2.75, 3.05) is 11.4 Å². The number of rotatable bonds is 4. The smallest absolute Gasteiger partial charge is 0.318 e. The molecule has 1 saturated carbocycles. The Balaban J connectivity index is 1.45. The Labute approximate surface area is 147 Å². The molecule has 0 amide bonds. The molecule has 24 heavy (non-hydrogen) atoms. The summed E-state index contributed by atoms with van der Waals surface area (Å²) in [4.78, 5) is 7.55. The van der Waals surface area contributed by atoms with E-state index in [0.29, 0.717) is 34.5 Å². The maximum atomic E-state index is 5.98. The van der Waals surface area contributed by atoms with Crippen molar-refractivity contribution >= 4 is 17.8 Å². The van der Waals surface area contributed by atoms with Gasteiger partial charge in [0.15, 0.2) is 0 Å². The standard InChI is InChI=1S/C18H24N4OS/c1-17(2)8-13-9-18(3,11-17)12-22(13)16-21-20-15(23-16)10-24-14-4-6-19-7-5-14/h4-7,13H,8-12H2,1-3H3/t13-,18-/m1/s1. The molecule has 4 rings (SSSR count). The van der Waals surface area contributed by atoms with Gasteiger partial charge in [-0.25, -0.2) is 0 Å². The Bertz CT molecular complexity index is 717. The maximum absolute atomic E-state index is 5.98. The third-order valence-corrected chi connectivity index (χ3v) is 6.13. The lowest BCUT2D eigenvalue weighted by Crippen LogP contribution is -2.34. The molecule has 0 N–H and O–H groups in total. The number of hydrogen-bond acceptors (Lipinski definition) is 6. The molecule has 3 heterocycles. The van der Waals surface area contributed by atoms with Gasteiger partial charge in [-0.2, -0.15) is 0 Å². The predicted octanol–water partition coefficient (Wildman–Crippen LogP) is 4.16. The van der Waals surface area contributed by atoms with E-state index in [2.05, 4.69) is 40.9 Å². The van der Waals surface area contributed by atoms with Crippen molar-refractivity contribution in [3.63, 3.8) is 0 Å². The minimum absolute atomic E-state index is 0.368. The number of fused-ring (bicyclic) bond motifs is 2. The van der Waals surface area contributed by atoms with Crippen molar-refractivity contribution in [3.05, 3.63) is 30.4 Å². The third kappa shape index (κ3) is 3.16. The zero-order chi connectivity index (χ0) is 16.8. The van der Waals surface area contributed by atoms with Crippen LogP contribution >= 0.6 is 11.8 Å². The van der Waals surface area contributed by atoms with E-state index in [-0.39, 0.29) is 0 Å². The number of thioether (sulfide) groups is 1. The minimum Gasteiger partial charge on any atom is -0.407 e. The molecular formula is C18H24N4OS. The fourth-order valence-electron chi connectivity index (χ4n) is 4.68. The SMILES string of the molecule is CC1(C)C[C@@H]2C[C@@](C)(CN2c2nnc(CSc3ccncc3)o2)C1. The lowest BCUT2D eigenvalue weighted by atomic mass is 9.65. The monoisotopic (exact) mass is 344 g/mol. The van der Waals surface area contributed by atoms with Crippen molar-refractivity contribution in [2.45, 2.75) is 56.7 Å². The first-order valence-corrected chi connectivity index (χ1v) is 9.53. The first-order chi connectivity index (χ1) is 11.4. The molecule has 0 radical (unpaired) electrons. The summed E-state index contributed by atoms with van der Waals surface area (Å²) < 4.78 is 5.98. The number of nitrogens with zero attached hydrogens (tertiary/aromatic N) is 4. The molecule has 128 valence electrons. The van der Waals surface area contributed by atoms with Crippen molar-refractivity contribution < 1.29 is 4.42 Å². The van der Waals surface area contributed by atoms with Crippen LogP contribution in [0.2, 0.25) is 0 Å². The summed E-state index contributed by atoms with van der Waals surface area (Å²) in [6, 6.07) is 5.22. The van der Waals surface area contributed by atoms with Crippen LogP contribution in [0, 0.1) is 10.8 Å². The van der Waals surface area contributed by atoms with Crippen LogP contribution in [0.4, 0.5) is 6.01 Å². The average Bonchev–Trinajstić information content (AvgIpc) is 3.07. The number of anilines is 1. The van der Waals surface area contributed by atoms with Gasteiger partial charge in [0.1, 0.15) is 0 Å². The van der Waals surface area contributed by atoms with Crippen LogP contribution in [0.3, 0.4) is 0 Å². The van der Waals surface area contributed by atoms with Gasteiger partial charge in [0.2, 0.25) is 5.89 Å². The van der Waals surface area contributed by atoms with Crippen LogP contribution in [-0.2, 0) is 5.75 Å². The highest BCUT2D eigenvalue weighted by molar-refractivity contribution is 7.98. The summed E-state index contributed by atoms with van der Waals surface area (Å²) in [5.74, 6) is 1.39. The number of pyridine rings is 1. The summed E-state index contributed by atoms with van der Waals surface area (Å²) in [6.07, 6.45) is 7.31. The van der Waals surface area contributed by atoms with Gasteiger partial charge in [-0.3, -0.25) is 4.98 Å². The van der Waals surface area contributed by atoms with E-state index in [1.54, 1.807) is 24.2 Å². The highest BCUT2D eigenvalue weighted by Crippen LogP contribution is 2.53. The Kier molecular flexibility index (Phi) is 3.82. The molecule has 2 atom stereocenters. The van der Waals surface area contributed by atoms with Gasteiger partial charge < -0.3 is 9.32 Å². The maximum Gasteiger partial charge on any atom is 0.318 e. The highest BCUT2D eigenvalue weighted by Gasteiger charge is 2.50. The molecule has 6 heteroatoms. The van der Waals surface area contributed by atoms with Gasteiger partial charge in [0, 0.05) is 29.9 Å². The van der Waals surface area contributed by atoms with Crippen LogP contribution in [0.25, 0.3) is 0 Å². The lowest BCUT2D eigenvalue weighted by Gasteiger charge is -2.39. The lowest BCUT2D eigenvalue weighted by molar-refractivity contribution is 0.136. The quantitative estimate of drug-likeness (QED) is 0.776. The largest absolute Gasteiger partial charge is 0.407 e. The minimum atomic E-state index is 0.368. The van der Waals surface area contributed by atoms with Crippen molar-refractivity contribution in [3.8, 4) is 0 Å². The van der Waals surface area contributed by atoms with Crippen molar-refractivity contribution in [1.29, 1.82) is 0 Å². The second-order valence-corrected chi connectivity index (χ2v) is 9.34. The van der Waals surface area contributed by atoms with Gasteiger partial charge in [-0.1, -0.05) is 25.9 Å². The van der Waals surface area contributed by atoms with Crippen LogP contribution in [-0.4, -0.2) is 27.8 Å². The van der Waals surface area contributed by atoms with Crippen LogP contribution in [0.5, 0.6) is 0 Å². The first kappa shape index (κ1) is 15.9. The van der Waals surface area contributed by atoms with Crippen LogP contribution in [0.15, 0.2) is 33.8 Å². The molecule has 5 nitrogen and oxygen atoms in total. The zero-order valence-electron chi connectivity index (χ0n) is 14.5. The molecule has 0 spiro atoms. The molecule has 2 aromatic heterocycles. The van der Waals surface area contributed by atoms with Crippen LogP contribution < -0.4 is 4.90 Å². The Morgan fingerprint density at radius 2 is 2.00 bits per heavy atom. The molecular weight excluding hydrogens is 320 g/mol. The summed E-state index contributed by atoms with van der Waals surface area (Å²) >= 11 is 1.69. The van der Waals surface area contributed by atoms with Gasteiger partial charge >= 0.3 is 6.01 Å². The normalized spacial score (nSPS) is 28.3.